The first kappa shape index (κ1) is 6.28. The number of nitrogens with one attached hydrogen (secondary N) is 1. The van der Waals surface area contributed by atoms with E-state index in [0.717, 1.165) is 5.69 Å². The molecule has 0 radical (unpaired) electrons. The molecular formula is C9H10N2. The van der Waals surface area contributed by atoms with Crippen LogP contribution in [0, 0.1) is 6.92 Å². The number of aryl methyl sites for hydroxylation is 1. The maximum atomic E-state index is 5.67. The van der Waals surface area contributed by atoms with Gasteiger partial charge in [-0.2, -0.15) is 0 Å². The molecule has 0 fully saturated rings. The van der Waals surface area contributed by atoms with Crippen molar-refractivity contribution in [3.05, 3.63) is 30.0 Å². The van der Waals surface area contributed by atoms with E-state index in [0.29, 0.717) is 0 Å². The summed E-state index contributed by atoms with van der Waals surface area (Å²) in [6.45, 7) is 2.05. The second-order valence-corrected chi connectivity index (χ2v) is 2.78. The Balaban J connectivity index is 2.91. The highest BCUT2D eigenvalue weighted by atomic mass is 14.7. The number of hydrogen-bond donors (Lipinski definition) is 2. The van der Waals surface area contributed by atoms with E-state index in [4.69, 9.17) is 5.73 Å². The Morgan fingerprint density at radius 3 is 3.00 bits per heavy atom. The quantitative estimate of drug-likeness (QED) is 0.549. The molecule has 2 heteroatoms. The Hall–Kier alpha value is -1.44. The average molecular weight is 146 g/mol. The van der Waals surface area contributed by atoms with E-state index < -0.39 is 0 Å². The lowest BCUT2D eigenvalue weighted by Crippen LogP contribution is -1.85. The highest BCUT2D eigenvalue weighted by Gasteiger charge is 1.97. The molecule has 1 aromatic carbocycles. The van der Waals surface area contributed by atoms with Crippen molar-refractivity contribution in [1.82, 2.24) is 4.98 Å². The van der Waals surface area contributed by atoms with Gasteiger partial charge in [0.25, 0.3) is 0 Å². The fourth-order valence-electron chi connectivity index (χ4n) is 1.39. The first-order chi connectivity index (χ1) is 5.27. The molecule has 2 nitrogen and oxygen atoms in total. The predicted octanol–water partition coefficient (Wildman–Crippen LogP) is 2.06. The third-order valence-corrected chi connectivity index (χ3v) is 1.88. The van der Waals surface area contributed by atoms with E-state index in [9.17, 15) is 0 Å². The zero-order chi connectivity index (χ0) is 7.84. The molecule has 0 unspecified atom stereocenters. The van der Waals surface area contributed by atoms with Gasteiger partial charge < -0.3 is 10.7 Å². The molecule has 0 aliphatic heterocycles. The first-order valence-corrected chi connectivity index (χ1v) is 3.60. The van der Waals surface area contributed by atoms with Gasteiger partial charge in [-0.05, 0) is 30.7 Å². The van der Waals surface area contributed by atoms with Crippen molar-refractivity contribution >= 4 is 16.6 Å². The van der Waals surface area contributed by atoms with Crippen LogP contribution in [0.3, 0.4) is 0 Å². The van der Waals surface area contributed by atoms with Crippen LogP contribution in [-0.2, 0) is 0 Å². The number of H-pyrrole nitrogens is 1. The molecule has 11 heavy (non-hydrogen) atoms. The zero-order valence-corrected chi connectivity index (χ0v) is 6.39. The number of anilines is 1. The summed E-state index contributed by atoms with van der Waals surface area (Å²) in [7, 11) is 0. The average Bonchev–Trinajstić information content (AvgIpc) is 2.34. The Morgan fingerprint density at radius 2 is 2.18 bits per heavy atom. The number of rotatable bonds is 0. The molecular weight excluding hydrogens is 136 g/mol. The fourth-order valence-corrected chi connectivity index (χ4v) is 1.39. The highest BCUT2D eigenvalue weighted by molar-refractivity contribution is 5.85. The van der Waals surface area contributed by atoms with Gasteiger partial charge in [-0.25, -0.2) is 0 Å². The molecule has 0 amide bonds. The summed E-state index contributed by atoms with van der Waals surface area (Å²) in [4.78, 5) is 3.16. The molecule has 0 saturated heterocycles. The smallest absolute Gasteiger partial charge is 0.0485 e. The van der Waals surface area contributed by atoms with Gasteiger partial charge in [0, 0.05) is 22.8 Å². The zero-order valence-electron chi connectivity index (χ0n) is 6.39. The van der Waals surface area contributed by atoms with Gasteiger partial charge >= 0.3 is 0 Å². The van der Waals surface area contributed by atoms with Crippen molar-refractivity contribution in [2.45, 2.75) is 6.92 Å². The Bertz CT molecular complexity index is 387. The standard InChI is InChI=1S/C9H10N2/c1-6-4-8(10)5-7-2-3-11-9(6)7/h2-5,11H,10H2,1H3. The summed E-state index contributed by atoms with van der Waals surface area (Å²) < 4.78 is 0. The largest absolute Gasteiger partial charge is 0.399 e. The molecule has 1 aromatic heterocycles. The molecule has 2 rings (SSSR count). The molecule has 3 N–H and O–H groups in total. The van der Waals surface area contributed by atoms with Crippen LogP contribution in [0.25, 0.3) is 10.9 Å². The van der Waals surface area contributed by atoms with Crippen molar-refractivity contribution in [1.29, 1.82) is 0 Å². The molecule has 0 aliphatic rings. The van der Waals surface area contributed by atoms with Crippen LogP contribution in [0.15, 0.2) is 24.4 Å². The van der Waals surface area contributed by atoms with Crippen molar-refractivity contribution in [2.75, 3.05) is 5.73 Å². The summed E-state index contributed by atoms with van der Waals surface area (Å²) >= 11 is 0. The van der Waals surface area contributed by atoms with Crippen LogP contribution >= 0.6 is 0 Å². The number of fused-ring (bicyclic) bond motifs is 1. The van der Waals surface area contributed by atoms with Crippen LogP contribution in [0.1, 0.15) is 5.56 Å². The monoisotopic (exact) mass is 146 g/mol. The Labute approximate surface area is 65.0 Å². The summed E-state index contributed by atoms with van der Waals surface area (Å²) in [5.74, 6) is 0. The lowest BCUT2D eigenvalue weighted by molar-refractivity contribution is 1.42. The SMILES string of the molecule is Cc1cc(N)cc2cc[nH]c12. The van der Waals surface area contributed by atoms with Crippen molar-refractivity contribution in [3.63, 3.8) is 0 Å². The minimum Gasteiger partial charge on any atom is -0.399 e. The van der Waals surface area contributed by atoms with E-state index >= 15 is 0 Å². The normalized spacial score (nSPS) is 10.6. The summed E-state index contributed by atoms with van der Waals surface area (Å²) in [6.07, 6.45) is 1.93. The van der Waals surface area contributed by atoms with Crippen LogP contribution < -0.4 is 5.73 Å². The Kier molecular flexibility index (Phi) is 1.15. The Morgan fingerprint density at radius 1 is 1.36 bits per heavy atom. The number of aromatic amines is 1. The van der Waals surface area contributed by atoms with Crippen LogP contribution in [0.4, 0.5) is 5.69 Å². The van der Waals surface area contributed by atoms with Crippen LogP contribution in [0.2, 0.25) is 0 Å². The number of aromatic nitrogens is 1. The van der Waals surface area contributed by atoms with Gasteiger partial charge in [-0.3, -0.25) is 0 Å². The predicted molar refractivity (Wildman–Crippen MR) is 47.4 cm³/mol. The van der Waals surface area contributed by atoms with E-state index in [-0.39, 0.29) is 0 Å². The van der Waals surface area contributed by atoms with Crippen LogP contribution in [0.5, 0.6) is 0 Å². The minimum absolute atomic E-state index is 0.828. The van der Waals surface area contributed by atoms with Crippen LogP contribution in [-0.4, -0.2) is 4.98 Å². The molecule has 56 valence electrons. The molecule has 2 aromatic rings. The second kappa shape index (κ2) is 2.02. The third-order valence-electron chi connectivity index (χ3n) is 1.88. The number of hydrogen-bond acceptors (Lipinski definition) is 1. The van der Waals surface area contributed by atoms with E-state index in [2.05, 4.69) is 11.9 Å². The van der Waals surface area contributed by atoms with Gasteiger partial charge in [0.2, 0.25) is 0 Å². The molecule has 0 saturated carbocycles. The molecule has 0 atom stereocenters. The van der Waals surface area contributed by atoms with E-state index in [1.807, 2.05) is 24.4 Å². The third kappa shape index (κ3) is 0.871. The fraction of sp³-hybridized carbons (Fsp3) is 0.111. The maximum absolute atomic E-state index is 5.67. The number of nitrogen functional groups attached to an aromatic ring is 1. The van der Waals surface area contributed by atoms with Crippen molar-refractivity contribution in [2.24, 2.45) is 0 Å². The van der Waals surface area contributed by atoms with E-state index in [1.54, 1.807) is 0 Å². The number of benzene rings is 1. The molecule has 0 spiro atoms. The van der Waals surface area contributed by atoms with Crippen molar-refractivity contribution in [3.8, 4) is 0 Å². The molecule has 1 heterocycles. The minimum atomic E-state index is 0.828. The van der Waals surface area contributed by atoms with Gasteiger partial charge in [-0.15, -0.1) is 0 Å². The topological polar surface area (TPSA) is 41.8 Å². The van der Waals surface area contributed by atoms with Gasteiger partial charge in [0.15, 0.2) is 0 Å². The maximum Gasteiger partial charge on any atom is 0.0485 e. The van der Waals surface area contributed by atoms with Crippen molar-refractivity contribution < 1.29 is 0 Å². The lowest BCUT2D eigenvalue weighted by Gasteiger charge is -1.97. The lowest BCUT2D eigenvalue weighted by atomic mass is 10.1. The first-order valence-electron chi connectivity index (χ1n) is 3.60. The molecule has 0 aliphatic carbocycles. The van der Waals surface area contributed by atoms with Gasteiger partial charge in [0.05, 0.1) is 0 Å². The highest BCUT2D eigenvalue weighted by Crippen LogP contribution is 2.19. The van der Waals surface area contributed by atoms with Gasteiger partial charge in [0.1, 0.15) is 0 Å². The number of nitrogens with two attached hydrogens (primary N) is 1. The summed E-state index contributed by atoms with van der Waals surface area (Å²) in [6, 6.07) is 5.97. The van der Waals surface area contributed by atoms with Gasteiger partial charge in [-0.1, -0.05) is 0 Å². The van der Waals surface area contributed by atoms with E-state index in [1.165, 1.54) is 16.5 Å². The summed E-state index contributed by atoms with van der Waals surface area (Å²) in [5.41, 5.74) is 8.88. The second-order valence-electron chi connectivity index (χ2n) is 2.78. The molecule has 0 bridgehead atoms. The summed E-state index contributed by atoms with van der Waals surface area (Å²) in [5, 5.41) is 1.18.